The van der Waals surface area contributed by atoms with Crippen LogP contribution in [-0.4, -0.2) is 38.1 Å². The zero-order valence-corrected chi connectivity index (χ0v) is 17.7. The Kier molecular flexibility index (Phi) is 4.43. The molecule has 0 spiro atoms. The van der Waals surface area contributed by atoms with Gasteiger partial charge in [0, 0.05) is 17.0 Å². The average molecular weight is 444 g/mol. The maximum absolute atomic E-state index is 16.8. The number of nitrogens with zero attached hydrogens (tertiary/aromatic N) is 4. The molecule has 0 aliphatic heterocycles. The predicted molar refractivity (Wildman–Crippen MR) is 109 cm³/mol. The monoisotopic (exact) mass is 444 g/mol. The second kappa shape index (κ2) is 6.78. The van der Waals surface area contributed by atoms with Gasteiger partial charge in [0.25, 0.3) is 0 Å². The molecule has 2 bridgehead atoms. The SMILES string of the molecule is COc1ccc(C23CC(C(C)(F)[C@@](O)(Cn4cnnn4)c4ccc(F)cc4F)(C2)C3)cc1. The van der Waals surface area contributed by atoms with Gasteiger partial charge in [0.2, 0.25) is 0 Å². The standard InChI is InChI=1S/C23H23F3N4O2/c1-20(26,22-10-21(11-22,12-22)15-3-6-17(32-2)7-4-15)23(31,13-30-14-27-28-29-30)18-8-5-16(24)9-19(18)25/h3-9,14,31H,10-13H2,1-2H3/t20?,21?,22?,23-/m1/s1. The lowest BCUT2D eigenvalue weighted by Gasteiger charge is -2.76. The molecule has 2 atom stereocenters. The highest BCUT2D eigenvalue weighted by Crippen LogP contribution is 2.80. The van der Waals surface area contributed by atoms with E-state index >= 15 is 4.39 Å². The van der Waals surface area contributed by atoms with E-state index in [1.54, 1.807) is 7.11 Å². The Morgan fingerprint density at radius 2 is 1.81 bits per heavy atom. The summed E-state index contributed by atoms with van der Waals surface area (Å²) in [5.74, 6) is -1.07. The van der Waals surface area contributed by atoms with Gasteiger partial charge in [0.05, 0.1) is 13.7 Å². The molecule has 168 valence electrons. The molecular weight excluding hydrogens is 421 g/mol. The number of alkyl halides is 1. The van der Waals surface area contributed by atoms with E-state index in [4.69, 9.17) is 4.74 Å². The van der Waals surface area contributed by atoms with Crippen LogP contribution in [0.2, 0.25) is 0 Å². The van der Waals surface area contributed by atoms with Crippen LogP contribution in [0.15, 0.2) is 48.8 Å². The fourth-order valence-corrected chi connectivity index (χ4v) is 5.77. The van der Waals surface area contributed by atoms with Crippen LogP contribution in [0, 0.1) is 17.0 Å². The first-order valence-electron chi connectivity index (χ1n) is 10.4. The number of aromatic nitrogens is 4. The average Bonchev–Trinajstić information content (AvgIpc) is 3.18. The van der Waals surface area contributed by atoms with Crippen molar-refractivity contribution in [2.45, 2.75) is 49.4 Å². The smallest absolute Gasteiger partial charge is 0.148 e. The molecule has 1 N–H and O–H groups in total. The maximum atomic E-state index is 16.8. The molecular formula is C23H23F3N4O2. The molecule has 6 nitrogen and oxygen atoms in total. The summed E-state index contributed by atoms with van der Waals surface area (Å²) in [6.45, 7) is 0.893. The van der Waals surface area contributed by atoms with E-state index in [0.29, 0.717) is 25.3 Å². The molecule has 0 radical (unpaired) electrons. The van der Waals surface area contributed by atoms with Crippen molar-refractivity contribution in [1.29, 1.82) is 0 Å². The van der Waals surface area contributed by atoms with Gasteiger partial charge in [0.15, 0.2) is 0 Å². The summed E-state index contributed by atoms with van der Waals surface area (Å²) in [5, 5.41) is 22.5. The van der Waals surface area contributed by atoms with Crippen LogP contribution in [0.5, 0.6) is 5.75 Å². The Bertz CT molecular complexity index is 1130. The quantitative estimate of drug-likeness (QED) is 0.602. The molecule has 3 fully saturated rings. The Morgan fingerprint density at radius 3 is 2.38 bits per heavy atom. The second-order valence-electron chi connectivity index (χ2n) is 9.31. The first kappa shape index (κ1) is 20.9. The van der Waals surface area contributed by atoms with Gasteiger partial charge in [0.1, 0.15) is 35.0 Å². The molecule has 3 saturated carbocycles. The summed E-state index contributed by atoms with van der Waals surface area (Å²) >= 11 is 0. The fourth-order valence-electron chi connectivity index (χ4n) is 5.77. The maximum Gasteiger partial charge on any atom is 0.148 e. The van der Waals surface area contributed by atoms with E-state index in [9.17, 15) is 13.9 Å². The fraction of sp³-hybridized carbons (Fsp3) is 0.435. The highest BCUT2D eigenvalue weighted by Gasteiger charge is 2.79. The van der Waals surface area contributed by atoms with E-state index < -0.39 is 34.9 Å². The second-order valence-corrected chi connectivity index (χ2v) is 9.31. The lowest BCUT2D eigenvalue weighted by Crippen LogP contribution is -2.76. The van der Waals surface area contributed by atoms with Crippen LogP contribution < -0.4 is 4.74 Å². The highest BCUT2D eigenvalue weighted by atomic mass is 19.1. The molecule has 2 aromatic carbocycles. The normalized spacial score (nSPS) is 27.6. The minimum Gasteiger partial charge on any atom is -0.497 e. The highest BCUT2D eigenvalue weighted by molar-refractivity contribution is 5.45. The minimum atomic E-state index is -2.31. The van der Waals surface area contributed by atoms with Crippen molar-refractivity contribution >= 4 is 0 Å². The van der Waals surface area contributed by atoms with Gasteiger partial charge in [-0.25, -0.2) is 17.9 Å². The van der Waals surface area contributed by atoms with Gasteiger partial charge in [-0.3, -0.25) is 0 Å². The summed E-state index contributed by atoms with van der Waals surface area (Å²) in [6, 6.07) is 10.5. The van der Waals surface area contributed by atoms with Crippen molar-refractivity contribution in [1.82, 2.24) is 20.2 Å². The number of tetrazole rings is 1. The summed E-state index contributed by atoms with van der Waals surface area (Å²) in [5.41, 5.74) is -4.80. The van der Waals surface area contributed by atoms with Crippen LogP contribution in [0.1, 0.15) is 37.3 Å². The molecule has 1 unspecified atom stereocenters. The Hall–Kier alpha value is -2.94. The minimum absolute atomic E-state index is 0.170. The third kappa shape index (κ3) is 2.73. The number of methoxy groups -OCH3 is 1. The van der Waals surface area contributed by atoms with Gasteiger partial charge >= 0.3 is 0 Å². The molecule has 9 heteroatoms. The first-order chi connectivity index (χ1) is 15.1. The van der Waals surface area contributed by atoms with E-state index in [0.717, 1.165) is 28.1 Å². The zero-order valence-electron chi connectivity index (χ0n) is 17.7. The van der Waals surface area contributed by atoms with E-state index in [1.807, 2.05) is 24.3 Å². The van der Waals surface area contributed by atoms with Crippen LogP contribution in [0.4, 0.5) is 13.2 Å². The number of ether oxygens (including phenoxy) is 1. The van der Waals surface area contributed by atoms with Gasteiger partial charge in [-0.05, 0) is 65.8 Å². The van der Waals surface area contributed by atoms with Crippen molar-refractivity contribution in [3.05, 3.63) is 71.6 Å². The molecule has 1 aromatic heterocycles. The van der Waals surface area contributed by atoms with Crippen molar-refractivity contribution < 1.29 is 23.0 Å². The predicted octanol–water partition coefficient (Wildman–Crippen LogP) is 3.70. The Labute approximate surface area is 183 Å². The molecule has 6 rings (SSSR count). The number of benzene rings is 2. The molecule has 0 saturated heterocycles. The first-order valence-corrected chi connectivity index (χ1v) is 10.4. The summed E-state index contributed by atoms with van der Waals surface area (Å²) in [6.07, 6.45) is 2.77. The molecule has 3 aromatic rings. The van der Waals surface area contributed by atoms with Crippen molar-refractivity contribution in [3.63, 3.8) is 0 Å². The largest absolute Gasteiger partial charge is 0.497 e. The van der Waals surface area contributed by atoms with Crippen LogP contribution in [-0.2, 0) is 17.6 Å². The van der Waals surface area contributed by atoms with E-state index in [2.05, 4.69) is 15.5 Å². The number of aliphatic hydroxyl groups is 1. The lowest BCUT2D eigenvalue weighted by atomic mass is 9.28. The van der Waals surface area contributed by atoms with Gasteiger partial charge < -0.3 is 9.84 Å². The van der Waals surface area contributed by atoms with E-state index in [-0.39, 0.29) is 11.0 Å². The van der Waals surface area contributed by atoms with Crippen LogP contribution in [0.25, 0.3) is 0 Å². The third-order valence-electron chi connectivity index (χ3n) is 7.66. The summed E-state index contributed by atoms with van der Waals surface area (Å²) < 4.78 is 51.5. The van der Waals surface area contributed by atoms with Gasteiger partial charge in [-0.1, -0.05) is 18.2 Å². The molecule has 3 aliphatic carbocycles. The van der Waals surface area contributed by atoms with Crippen LogP contribution in [0.3, 0.4) is 0 Å². The van der Waals surface area contributed by atoms with Gasteiger partial charge in [-0.2, -0.15) is 0 Å². The molecule has 1 heterocycles. The number of hydrogen-bond acceptors (Lipinski definition) is 5. The van der Waals surface area contributed by atoms with Gasteiger partial charge in [-0.15, -0.1) is 5.10 Å². The van der Waals surface area contributed by atoms with Crippen molar-refractivity contribution in [3.8, 4) is 5.75 Å². The van der Waals surface area contributed by atoms with E-state index in [1.165, 1.54) is 13.3 Å². The summed E-state index contributed by atoms with van der Waals surface area (Å²) in [4.78, 5) is 0. The summed E-state index contributed by atoms with van der Waals surface area (Å²) in [7, 11) is 1.60. The lowest BCUT2D eigenvalue weighted by molar-refractivity contribution is -0.289. The number of halogens is 3. The third-order valence-corrected chi connectivity index (χ3v) is 7.66. The Morgan fingerprint density at radius 1 is 1.12 bits per heavy atom. The topological polar surface area (TPSA) is 73.1 Å². The van der Waals surface area contributed by atoms with Crippen molar-refractivity contribution in [2.75, 3.05) is 7.11 Å². The Balaban J connectivity index is 1.49. The molecule has 32 heavy (non-hydrogen) atoms. The molecule has 0 amide bonds. The molecule has 3 aliphatic rings. The zero-order chi connectivity index (χ0) is 22.8. The number of rotatable bonds is 7. The van der Waals surface area contributed by atoms with Crippen LogP contribution >= 0.6 is 0 Å². The van der Waals surface area contributed by atoms with Crippen molar-refractivity contribution in [2.24, 2.45) is 5.41 Å². The number of hydrogen-bond donors (Lipinski definition) is 1.